The molecule has 1 heterocycles. The van der Waals surface area contributed by atoms with Gasteiger partial charge in [0.1, 0.15) is 11.3 Å². The van der Waals surface area contributed by atoms with Crippen LogP contribution in [-0.2, 0) is 0 Å². The van der Waals surface area contributed by atoms with Crippen LogP contribution in [0.1, 0.15) is 21.5 Å². The molecule has 0 fully saturated rings. The van der Waals surface area contributed by atoms with Crippen LogP contribution in [0.15, 0.2) is 36.4 Å². The summed E-state index contributed by atoms with van der Waals surface area (Å²) in [5.74, 6) is -0.618. The Morgan fingerprint density at radius 2 is 2.00 bits per heavy atom. The quantitative estimate of drug-likeness (QED) is 0.766. The highest BCUT2D eigenvalue weighted by molar-refractivity contribution is 7.22. The highest BCUT2D eigenvalue weighted by atomic mass is 32.1. The molecule has 0 radical (unpaired) electrons. The molecule has 1 N–H and O–H groups in total. The zero-order chi connectivity index (χ0) is 15.0. The number of hydrogen-bond acceptors (Lipinski definition) is 3. The molecule has 1 aromatic heterocycles. The average Bonchev–Trinajstić information content (AvgIpc) is 2.86. The van der Waals surface area contributed by atoms with Gasteiger partial charge in [0, 0.05) is 5.56 Å². The van der Waals surface area contributed by atoms with E-state index in [1.54, 1.807) is 18.2 Å². The third kappa shape index (κ3) is 2.64. The van der Waals surface area contributed by atoms with Gasteiger partial charge < -0.3 is 0 Å². The van der Waals surface area contributed by atoms with Crippen molar-refractivity contribution in [3.8, 4) is 0 Å². The van der Waals surface area contributed by atoms with E-state index >= 15 is 0 Å². The van der Waals surface area contributed by atoms with Crippen molar-refractivity contribution in [1.29, 1.82) is 0 Å². The first-order chi connectivity index (χ1) is 10.0. The summed E-state index contributed by atoms with van der Waals surface area (Å²) in [4.78, 5) is 16.3. The van der Waals surface area contributed by atoms with Crippen LogP contribution in [0.25, 0.3) is 10.2 Å². The molecule has 0 saturated heterocycles. The Morgan fingerprint density at radius 3 is 2.71 bits per heavy atom. The molecule has 0 spiro atoms. The van der Waals surface area contributed by atoms with Crippen molar-refractivity contribution in [3.63, 3.8) is 0 Å². The first kappa shape index (κ1) is 13.7. The Labute approximate surface area is 125 Å². The number of nitrogens with one attached hydrogen (secondary N) is 1. The largest absolute Gasteiger partial charge is 0.298 e. The molecule has 21 heavy (non-hydrogen) atoms. The lowest BCUT2D eigenvalue weighted by Gasteiger charge is -2.04. The summed E-state index contributed by atoms with van der Waals surface area (Å²) in [6, 6.07) is 10.3. The molecule has 0 bridgehead atoms. The van der Waals surface area contributed by atoms with E-state index in [2.05, 4.69) is 10.3 Å². The lowest BCUT2D eigenvalue weighted by atomic mass is 10.1. The lowest BCUT2D eigenvalue weighted by molar-refractivity contribution is 0.102. The number of thiazole rings is 1. The summed E-state index contributed by atoms with van der Waals surface area (Å²) < 4.78 is 14.3. The van der Waals surface area contributed by atoms with Crippen molar-refractivity contribution in [1.82, 2.24) is 4.98 Å². The van der Waals surface area contributed by atoms with Crippen molar-refractivity contribution < 1.29 is 9.18 Å². The van der Waals surface area contributed by atoms with Crippen molar-refractivity contribution in [3.05, 3.63) is 58.9 Å². The Morgan fingerprint density at radius 1 is 1.19 bits per heavy atom. The molecular formula is C16H13FN2OS. The van der Waals surface area contributed by atoms with Crippen molar-refractivity contribution in [2.75, 3.05) is 5.32 Å². The minimum Gasteiger partial charge on any atom is -0.298 e. The number of para-hydroxylation sites is 1. The van der Waals surface area contributed by atoms with Gasteiger partial charge in [0.15, 0.2) is 5.13 Å². The maximum Gasteiger partial charge on any atom is 0.257 e. The van der Waals surface area contributed by atoms with E-state index in [1.165, 1.54) is 17.4 Å². The second-order valence-electron chi connectivity index (χ2n) is 4.86. The molecule has 5 heteroatoms. The molecule has 0 aliphatic carbocycles. The van der Waals surface area contributed by atoms with Crippen molar-refractivity contribution in [2.24, 2.45) is 0 Å². The molecule has 0 aliphatic rings. The number of benzene rings is 2. The van der Waals surface area contributed by atoms with Crippen LogP contribution >= 0.6 is 11.3 Å². The number of halogens is 1. The second kappa shape index (κ2) is 5.26. The lowest BCUT2D eigenvalue weighted by Crippen LogP contribution is -2.11. The Hall–Kier alpha value is -2.27. The summed E-state index contributed by atoms with van der Waals surface area (Å²) in [6.45, 7) is 3.95. The predicted octanol–water partition coefficient (Wildman–Crippen LogP) is 4.30. The predicted molar refractivity (Wildman–Crippen MR) is 83.4 cm³/mol. The van der Waals surface area contributed by atoms with Crippen molar-refractivity contribution >= 4 is 32.6 Å². The van der Waals surface area contributed by atoms with Crippen molar-refractivity contribution in [2.45, 2.75) is 13.8 Å². The average molecular weight is 300 g/mol. The summed E-state index contributed by atoms with van der Waals surface area (Å²) >= 11 is 1.26. The van der Waals surface area contributed by atoms with Gasteiger partial charge in [-0.15, -0.1) is 0 Å². The van der Waals surface area contributed by atoms with E-state index in [0.29, 0.717) is 15.4 Å². The monoisotopic (exact) mass is 300 g/mol. The van der Waals surface area contributed by atoms with E-state index in [-0.39, 0.29) is 17.2 Å². The number of fused-ring (bicyclic) bond motifs is 1. The summed E-state index contributed by atoms with van der Waals surface area (Å²) in [5.41, 5.74) is 3.04. The fourth-order valence-corrected chi connectivity index (χ4v) is 2.90. The van der Waals surface area contributed by atoms with E-state index in [4.69, 9.17) is 0 Å². The number of aryl methyl sites for hydroxylation is 2. The SMILES string of the molecule is Cc1ccc(C(=O)Nc2nc3c(F)cccc3s2)cc1C. The molecule has 2 aromatic carbocycles. The Bertz CT molecular complexity index is 841. The summed E-state index contributed by atoms with van der Waals surface area (Å²) in [7, 11) is 0. The van der Waals surface area contributed by atoms with Crippen LogP contribution in [0.5, 0.6) is 0 Å². The smallest absolute Gasteiger partial charge is 0.257 e. The molecule has 0 atom stereocenters. The molecule has 0 aliphatic heterocycles. The van der Waals surface area contributed by atoms with Gasteiger partial charge in [0.25, 0.3) is 5.91 Å². The van der Waals surface area contributed by atoms with E-state index in [1.807, 2.05) is 26.0 Å². The highest BCUT2D eigenvalue weighted by Gasteiger charge is 2.12. The van der Waals surface area contributed by atoms with Gasteiger partial charge in [-0.2, -0.15) is 0 Å². The number of nitrogens with zero attached hydrogens (tertiary/aromatic N) is 1. The molecule has 3 aromatic rings. The highest BCUT2D eigenvalue weighted by Crippen LogP contribution is 2.27. The molecule has 3 rings (SSSR count). The van der Waals surface area contributed by atoms with Crippen LogP contribution in [0.2, 0.25) is 0 Å². The van der Waals surface area contributed by atoms with Crippen LogP contribution in [-0.4, -0.2) is 10.9 Å². The number of carbonyl (C=O) groups is 1. The van der Waals surface area contributed by atoms with Gasteiger partial charge in [-0.25, -0.2) is 9.37 Å². The van der Waals surface area contributed by atoms with E-state index in [9.17, 15) is 9.18 Å². The van der Waals surface area contributed by atoms with Crippen LogP contribution in [0.3, 0.4) is 0 Å². The number of anilines is 1. The van der Waals surface area contributed by atoms with Gasteiger partial charge in [0.2, 0.25) is 0 Å². The van der Waals surface area contributed by atoms with Gasteiger partial charge in [-0.1, -0.05) is 23.5 Å². The van der Waals surface area contributed by atoms with Gasteiger partial charge in [-0.05, 0) is 49.2 Å². The van der Waals surface area contributed by atoms with Crippen LogP contribution < -0.4 is 5.32 Å². The van der Waals surface area contributed by atoms with Gasteiger partial charge >= 0.3 is 0 Å². The maximum absolute atomic E-state index is 13.6. The summed E-state index contributed by atoms with van der Waals surface area (Å²) in [6.07, 6.45) is 0. The van der Waals surface area contributed by atoms with Gasteiger partial charge in [0.05, 0.1) is 4.70 Å². The molecule has 0 saturated carbocycles. The molecular weight excluding hydrogens is 287 g/mol. The zero-order valence-corrected chi connectivity index (χ0v) is 12.4. The third-order valence-corrected chi connectivity index (χ3v) is 4.30. The Balaban J connectivity index is 1.89. The van der Waals surface area contributed by atoms with Crippen LogP contribution in [0.4, 0.5) is 9.52 Å². The number of hydrogen-bond donors (Lipinski definition) is 1. The first-order valence-electron chi connectivity index (χ1n) is 6.48. The third-order valence-electron chi connectivity index (χ3n) is 3.36. The van der Waals surface area contributed by atoms with E-state index < -0.39 is 0 Å². The topological polar surface area (TPSA) is 42.0 Å². The summed E-state index contributed by atoms with van der Waals surface area (Å²) in [5, 5.41) is 3.12. The molecule has 1 amide bonds. The van der Waals surface area contributed by atoms with E-state index in [0.717, 1.165) is 11.1 Å². The fourth-order valence-electron chi connectivity index (χ4n) is 2.02. The number of amides is 1. The van der Waals surface area contributed by atoms with Crippen LogP contribution in [0, 0.1) is 19.7 Å². The maximum atomic E-state index is 13.6. The fraction of sp³-hybridized carbons (Fsp3) is 0.125. The normalized spacial score (nSPS) is 10.8. The number of rotatable bonds is 2. The standard InChI is InChI=1S/C16H13FN2OS/c1-9-6-7-11(8-10(9)2)15(20)19-16-18-14-12(17)4-3-5-13(14)21-16/h3-8H,1-2H3,(H,18,19,20). The number of carbonyl (C=O) groups excluding carboxylic acids is 1. The zero-order valence-electron chi connectivity index (χ0n) is 11.6. The molecule has 3 nitrogen and oxygen atoms in total. The molecule has 106 valence electrons. The minimum absolute atomic E-state index is 0.238. The number of aromatic nitrogens is 1. The second-order valence-corrected chi connectivity index (χ2v) is 5.89. The minimum atomic E-state index is -0.379. The Kier molecular flexibility index (Phi) is 3.43. The molecule has 0 unspecified atom stereocenters. The van der Waals surface area contributed by atoms with Gasteiger partial charge in [-0.3, -0.25) is 10.1 Å². The first-order valence-corrected chi connectivity index (χ1v) is 7.30.